The van der Waals surface area contributed by atoms with Crippen LogP contribution in [0.15, 0.2) is 33.9 Å². The standard InChI is InChI=1S/C16H20N2O3S/c19-9-11-5-1-2-6-12(11)17-15(20)10-22-16-18-13-7-3-4-8-14(13)21-16/h3-4,7-8,11-12,19H,1-2,5-6,9-10H2,(H,17,20). The number of benzene rings is 1. The van der Waals surface area contributed by atoms with Gasteiger partial charge in [-0.1, -0.05) is 36.7 Å². The summed E-state index contributed by atoms with van der Waals surface area (Å²) in [6, 6.07) is 7.64. The van der Waals surface area contributed by atoms with Crippen LogP contribution in [0.2, 0.25) is 0 Å². The van der Waals surface area contributed by atoms with Crippen molar-refractivity contribution in [3.63, 3.8) is 0 Å². The number of rotatable bonds is 5. The van der Waals surface area contributed by atoms with E-state index in [1.54, 1.807) is 0 Å². The van der Waals surface area contributed by atoms with E-state index in [0.29, 0.717) is 5.22 Å². The number of thioether (sulfide) groups is 1. The lowest BCUT2D eigenvalue weighted by molar-refractivity contribution is -0.120. The molecule has 5 nitrogen and oxygen atoms in total. The molecule has 1 aliphatic rings. The molecule has 0 spiro atoms. The zero-order valence-corrected chi connectivity index (χ0v) is 13.1. The number of hydrogen-bond acceptors (Lipinski definition) is 5. The Bertz CT molecular complexity index is 610. The summed E-state index contributed by atoms with van der Waals surface area (Å²) in [5, 5.41) is 12.9. The molecule has 0 aliphatic heterocycles. The molecule has 2 unspecified atom stereocenters. The van der Waals surface area contributed by atoms with Crippen molar-refractivity contribution < 1.29 is 14.3 Å². The largest absolute Gasteiger partial charge is 0.431 e. The van der Waals surface area contributed by atoms with Gasteiger partial charge in [-0.15, -0.1) is 0 Å². The molecule has 1 aromatic carbocycles. The van der Waals surface area contributed by atoms with Gasteiger partial charge in [0.25, 0.3) is 5.22 Å². The average molecular weight is 320 g/mol. The van der Waals surface area contributed by atoms with Gasteiger partial charge in [-0.05, 0) is 25.0 Å². The molecule has 1 aromatic heterocycles. The Morgan fingerprint density at radius 1 is 1.36 bits per heavy atom. The molecule has 1 fully saturated rings. The lowest BCUT2D eigenvalue weighted by atomic mass is 9.85. The van der Waals surface area contributed by atoms with Crippen molar-refractivity contribution in [1.82, 2.24) is 10.3 Å². The summed E-state index contributed by atoms with van der Waals surface area (Å²) in [5.41, 5.74) is 1.54. The van der Waals surface area contributed by atoms with E-state index in [4.69, 9.17) is 4.42 Å². The van der Waals surface area contributed by atoms with Crippen LogP contribution in [0.1, 0.15) is 25.7 Å². The van der Waals surface area contributed by atoms with Crippen LogP contribution in [0.25, 0.3) is 11.1 Å². The van der Waals surface area contributed by atoms with E-state index < -0.39 is 0 Å². The van der Waals surface area contributed by atoms with Crippen molar-refractivity contribution in [3.05, 3.63) is 24.3 Å². The highest BCUT2D eigenvalue weighted by Gasteiger charge is 2.25. The van der Waals surface area contributed by atoms with Gasteiger partial charge in [0.15, 0.2) is 5.58 Å². The summed E-state index contributed by atoms with van der Waals surface area (Å²) in [4.78, 5) is 16.4. The quantitative estimate of drug-likeness (QED) is 0.828. The number of carbonyl (C=O) groups is 1. The molecule has 1 aliphatic carbocycles. The van der Waals surface area contributed by atoms with Crippen molar-refractivity contribution >= 4 is 28.8 Å². The minimum absolute atomic E-state index is 0.0300. The minimum Gasteiger partial charge on any atom is -0.431 e. The lowest BCUT2D eigenvalue weighted by Gasteiger charge is -2.30. The maximum Gasteiger partial charge on any atom is 0.257 e. The molecule has 118 valence electrons. The number of aromatic nitrogens is 1. The maximum absolute atomic E-state index is 12.1. The van der Waals surface area contributed by atoms with Gasteiger partial charge in [-0.3, -0.25) is 4.79 Å². The fourth-order valence-corrected chi connectivity index (χ4v) is 3.55. The number of para-hydroxylation sites is 2. The predicted molar refractivity (Wildman–Crippen MR) is 85.7 cm³/mol. The van der Waals surface area contributed by atoms with E-state index >= 15 is 0 Å². The highest BCUT2D eigenvalue weighted by Crippen LogP contribution is 2.25. The molecule has 0 bridgehead atoms. The fourth-order valence-electron chi connectivity index (χ4n) is 2.90. The molecular formula is C16H20N2O3S. The molecule has 0 radical (unpaired) electrons. The third-order valence-electron chi connectivity index (χ3n) is 4.09. The van der Waals surface area contributed by atoms with E-state index in [0.717, 1.165) is 36.8 Å². The number of carbonyl (C=O) groups excluding carboxylic acids is 1. The average Bonchev–Trinajstić information content (AvgIpc) is 2.96. The van der Waals surface area contributed by atoms with Crippen LogP contribution in [0, 0.1) is 5.92 Å². The predicted octanol–water partition coefficient (Wildman–Crippen LogP) is 2.59. The van der Waals surface area contributed by atoms with Crippen LogP contribution >= 0.6 is 11.8 Å². The first-order valence-electron chi connectivity index (χ1n) is 7.65. The van der Waals surface area contributed by atoms with E-state index in [1.165, 1.54) is 11.8 Å². The van der Waals surface area contributed by atoms with Gasteiger partial charge in [0.2, 0.25) is 5.91 Å². The normalized spacial score (nSPS) is 21.9. The van der Waals surface area contributed by atoms with E-state index in [2.05, 4.69) is 10.3 Å². The van der Waals surface area contributed by atoms with Gasteiger partial charge in [-0.2, -0.15) is 0 Å². The molecule has 6 heteroatoms. The van der Waals surface area contributed by atoms with Crippen molar-refractivity contribution in [2.24, 2.45) is 5.92 Å². The van der Waals surface area contributed by atoms with Crippen molar-refractivity contribution in [1.29, 1.82) is 0 Å². The number of aliphatic hydroxyl groups excluding tert-OH is 1. The second-order valence-corrected chi connectivity index (χ2v) is 6.56. The third kappa shape index (κ3) is 3.62. The van der Waals surface area contributed by atoms with Crippen molar-refractivity contribution in [2.45, 2.75) is 36.9 Å². The number of amides is 1. The first-order chi connectivity index (χ1) is 10.8. The monoisotopic (exact) mass is 320 g/mol. The Labute approximate surface area is 133 Å². The first-order valence-corrected chi connectivity index (χ1v) is 8.63. The van der Waals surface area contributed by atoms with Crippen LogP contribution < -0.4 is 5.32 Å². The smallest absolute Gasteiger partial charge is 0.257 e. The van der Waals surface area contributed by atoms with Gasteiger partial charge in [0, 0.05) is 18.6 Å². The molecule has 3 rings (SSSR count). The van der Waals surface area contributed by atoms with Crippen LogP contribution in [-0.2, 0) is 4.79 Å². The number of oxazole rings is 1. The summed E-state index contributed by atoms with van der Waals surface area (Å²) >= 11 is 1.30. The molecule has 0 saturated heterocycles. The Kier molecular flexibility index (Phi) is 5.00. The SMILES string of the molecule is O=C(CSc1nc2ccccc2o1)NC1CCCCC1CO. The van der Waals surface area contributed by atoms with Gasteiger partial charge in [0.05, 0.1) is 5.75 Å². The lowest BCUT2D eigenvalue weighted by Crippen LogP contribution is -2.44. The van der Waals surface area contributed by atoms with Crippen LogP contribution in [0.4, 0.5) is 0 Å². The number of nitrogens with one attached hydrogen (secondary N) is 1. The summed E-state index contributed by atoms with van der Waals surface area (Å²) in [6.07, 6.45) is 4.18. The van der Waals surface area contributed by atoms with E-state index in [-0.39, 0.29) is 30.2 Å². The van der Waals surface area contributed by atoms with Crippen LogP contribution in [-0.4, -0.2) is 34.4 Å². The minimum atomic E-state index is -0.0300. The summed E-state index contributed by atoms with van der Waals surface area (Å²) in [6.45, 7) is 0.142. The Morgan fingerprint density at radius 2 is 2.18 bits per heavy atom. The third-order valence-corrected chi connectivity index (χ3v) is 4.92. The number of fused-ring (bicyclic) bond motifs is 1. The molecule has 2 N–H and O–H groups in total. The first kappa shape index (κ1) is 15.4. The van der Waals surface area contributed by atoms with Crippen LogP contribution in [0.5, 0.6) is 0 Å². The Hall–Kier alpha value is -1.53. The highest BCUT2D eigenvalue weighted by molar-refractivity contribution is 7.99. The maximum atomic E-state index is 12.1. The molecule has 1 saturated carbocycles. The van der Waals surface area contributed by atoms with E-state index in [1.807, 2.05) is 24.3 Å². The molecule has 1 amide bonds. The fraction of sp³-hybridized carbons (Fsp3) is 0.500. The Balaban J connectivity index is 1.53. The molecule has 1 heterocycles. The van der Waals surface area contributed by atoms with Crippen molar-refractivity contribution in [3.8, 4) is 0 Å². The van der Waals surface area contributed by atoms with Gasteiger partial charge < -0.3 is 14.8 Å². The Morgan fingerprint density at radius 3 is 3.00 bits per heavy atom. The van der Waals surface area contributed by atoms with Crippen molar-refractivity contribution in [2.75, 3.05) is 12.4 Å². The number of nitrogens with zero attached hydrogens (tertiary/aromatic N) is 1. The van der Waals surface area contributed by atoms with Gasteiger partial charge in [-0.25, -0.2) is 4.98 Å². The van der Waals surface area contributed by atoms with Crippen LogP contribution in [0.3, 0.4) is 0 Å². The van der Waals surface area contributed by atoms with Gasteiger partial charge >= 0.3 is 0 Å². The highest BCUT2D eigenvalue weighted by atomic mass is 32.2. The second kappa shape index (κ2) is 7.15. The molecule has 2 atom stereocenters. The van der Waals surface area contributed by atoms with Gasteiger partial charge in [0.1, 0.15) is 5.52 Å². The summed E-state index contributed by atoms with van der Waals surface area (Å²) < 4.78 is 5.58. The molecular weight excluding hydrogens is 300 g/mol. The summed E-state index contributed by atoms with van der Waals surface area (Å²) in [5.74, 6) is 0.436. The summed E-state index contributed by atoms with van der Waals surface area (Å²) in [7, 11) is 0. The second-order valence-electron chi connectivity index (χ2n) is 5.64. The molecule has 2 aromatic rings. The number of hydrogen-bond donors (Lipinski definition) is 2. The van der Waals surface area contributed by atoms with E-state index in [9.17, 15) is 9.90 Å². The topological polar surface area (TPSA) is 75.4 Å². The zero-order valence-electron chi connectivity index (χ0n) is 12.3. The molecule has 22 heavy (non-hydrogen) atoms. The zero-order chi connectivity index (χ0) is 15.4. The number of aliphatic hydroxyl groups is 1.